The van der Waals surface area contributed by atoms with E-state index in [1.54, 1.807) is 44.2 Å². The van der Waals surface area contributed by atoms with Crippen molar-refractivity contribution in [1.29, 1.82) is 0 Å². The molecule has 1 N–H and O–H groups in total. The van der Waals surface area contributed by atoms with Crippen molar-refractivity contribution in [2.24, 2.45) is 5.41 Å². The number of nitrogens with one attached hydrogen (secondary N) is 1. The number of fused-ring (bicyclic) bond motifs is 1. The van der Waals surface area contributed by atoms with Gasteiger partial charge in [-0.25, -0.2) is 5.01 Å². The Kier molecular flexibility index (Phi) is 4.60. The van der Waals surface area contributed by atoms with Crippen LogP contribution in [0.4, 0.5) is 13.2 Å². The maximum Gasteiger partial charge on any atom is 0.409 e. The smallest absolute Gasteiger partial charge is 0.409 e. The fourth-order valence-electron chi connectivity index (χ4n) is 3.27. The van der Waals surface area contributed by atoms with E-state index in [4.69, 9.17) is 4.74 Å². The van der Waals surface area contributed by atoms with Crippen molar-refractivity contribution in [2.45, 2.75) is 33.0 Å². The average Bonchev–Trinajstić information content (AvgIpc) is 2.80. The van der Waals surface area contributed by atoms with Crippen molar-refractivity contribution < 1.29 is 22.7 Å². The fourth-order valence-corrected chi connectivity index (χ4v) is 3.27. The summed E-state index contributed by atoms with van der Waals surface area (Å²) in [6.07, 6.45) is -4.55. The zero-order valence-electron chi connectivity index (χ0n) is 14.9. The van der Waals surface area contributed by atoms with Crippen LogP contribution in [0, 0.1) is 5.41 Å². The summed E-state index contributed by atoms with van der Waals surface area (Å²) in [4.78, 5) is 12.0. The van der Waals surface area contributed by atoms with Crippen LogP contribution in [0.1, 0.15) is 32.4 Å². The molecule has 3 rings (SSSR count). The van der Waals surface area contributed by atoms with Gasteiger partial charge in [0, 0.05) is 6.54 Å². The van der Waals surface area contributed by atoms with E-state index in [2.05, 4.69) is 5.43 Å². The van der Waals surface area contributed by atoms with Crippen molar-refractivity contribution in [3.63, 3.8) is 0 Å². The van der Waals surface area contributed by atoms with Crippen molar-refractivity contribution in [2.75, 3.05) is 13.2 Å². The van der Waals surface area contributed by atoms with Crippen LogP contribution in [-0.4, -0.2) is 30.2 Å². The molecule has 1 aliphatic heterocycles. The van der Waals surface area contributed by atoms with Crippen molar-refractivity contribution in [1.82, 2.24) is 10.4 Å². The van der Waals surface area contributed by atoms with E-state index in [1.807, 2.05) is 6.92 Å². The molecule has 26 heavy (non-hydrogen) atoms. The SMILES string of the molecule is CCOc1ccc2cccc(C(N3CC(C)(C)C(=O)N3)C(F)(F)F)c2c1. The van der Waals surface area contributed by atoms with Gasteiger partial charge in [0.05, 0.1) is 12.0 Å². The van der Waals surface area contributed by atoms with Gasteiger partial charge in [-0.05, 0) is 49.2 Å². The predicted molar refractivity (Wildman–Crippen MR) is 92.5 cm³/mol. The largest absolute Gasteiger partial charge is 0.494 e. The molecular weight excluding hydrogens is 345 g/mol. The second-order valence-electron chi connectivity index (χ2n) is 7.06. The Bertz CT molecular complexity index is 833. The lowest BCUT2D eigenvalue weighted by Gasteiger charge is -2.30. The van der Waals surface area contributed by atoms with Gasteiger partial charge in [0.2, 0.25) is 5.91 Å². The molecule has 1 unspecified atom stereocenters. The van der Waals surface area contributed by atoms with Gasteiger partial charge in [-0.2, -0.15) is 13.2 Å². The van der Waals surface area contributed by atoms with E-state index in [-0.39, 0.29) is 12.1 Å². The topological polar surface area (TPSA) is 41.6 Å². The minimum Gasteiger partial charge on any atom is -0.494 e. The first-order valence-electron chi connectivity index (χ1n) is 8.43. The van der Waals surface area contributed by atoms with E-state index in [1.165, 1.54) is 6.07 Å². The number of hydrogen-bond acceptors (Lipinski definition) is 3. The van der Waals surface area contributed by atoms with Crippen LogP contribution < -0.4 is 10.2 Å². The molecule has 0 aromatic heterocycles. The number of ether oxygens (including phenoxy) is 1. The number of hydrazine groups is 1. The van der Waals surface area contributed by atoms with E-state index >= 15 is 0 Å². The van der Waals surface area contributed by atoms with Gasteiger partial charge in [0.15, 0.2) is 6.04 Å². The first kappa shape index (κ1) is 18.5. The summed E-state index contributed by atoms with van der Waals surface area (Å²) in [7, 11) is 0. The van der Waals surface area contributed by atoms with Crippen LogP contribution in [-0.2, 0) is 4.79 Å². The highest BCUT2D eigenvalue weighted by atomic mass is 19.4. The third kappa shape index (κ3) is 3.35. The van der Waals surface area contributed by atoms with Gasteiger partial charge < -0.3 is 4.74 Å². The molecular formula is C19H21F3N2O2. The minimum atomic E-state index is -4.55. The molecule has 0 bridgehead atoms. The fraction of sp³-hybridized carbons (Fsp3) is 0.421. The van der Waals surface area contributed by atoms with Crippen LogP contribution in [0.25, 0.3) is 10.8 Å². The Morgan fingerprint density at radius 2 is 2.00 bits per heavy atom. The van der Waals surface area contributed by atoms with E-state index in [0.29, 0.717) is 23.1 Å². The van der Waals surface area contributed by atoms with E-state index in [0.717, 1.165) is 5.01 Å². The Balaban J connectivity index is 2.13. The van der Waals surface area contributed by atoms with Gasteiger partial charge in [-0.3, -0.25) is 10.2 Å². The monoisotopic (exact) mass is 366 g/mol. The lowest BCUT2D eigenvalue weighted by Crippen LogP contribution is -2.43. The summed E-state index contributed by atoms with van der Waals surface area (Å²) in [5.74, 6) is 0.0983. The summed E-state index contributed by atoms with van der Waals surface area (Å²) in [6, 6.07) is 7.97. The van der Waals surface area contributed by atoms with Crippen molar-refractivity contribution >= 4 is 16.7 Å². The Labute approximate surface area is 149 Å². The standard InChI is InChI=1S/C19H21F3N2O2/c1-4-26-13-9-8-12-6-5-7-14(15(12)10-13)16(19(20,21)22)24-11-18(2,3)17(25)23-24/h5-10,16H,4,11H2,1-3H3,(H,23,25). The summed E-state index contributed by atoms with van der Waals surface area (Å²) < 4.78 is 47.4. The first-order valence-corrected chi connectivity index (χ1v) is 8.43. The second-order valence-corrected chi connectivity index (χ2v) is 7.06. The number of nitrogens with zero attached hydrogens (tertiary/aromatic N) is 1. The molecule has 1 fully saturated rings. The molecule has 1 amide bonds. The Hall–Kier alpha value is -2.28. The zero-order valence-corrected chi connectivity index (χ0v) is 14.9. The molecule has 2 aromatic carbocycles. The van der Waals surface area contributed by atoms with Gasteiger partial charge in [-0.1, -0.05) is 24.3 Å². The number of amides is 1. The molecule has 7 heteroatoms. The van der Waals surface area contributed by atoms with Crippen LogP contribution >= 0.6 is 0 Å². The number of halogens is 3. The average molecular weight is 366 g/mol. The van der Waals surface area contributed by atoms with Gasteiger partial charge in [-0.15, -0.1) is 0 Å². The lowest BCUT2D eigenvalue weighted by atomic mass is 9.93. The Morgan fingerprint density at radius 1 is 1.27 bits per heavy atom. The number of benzene rings is 2. The van der Waals surface area contributed by atoms with E-state index in [9.17, 15) is 18.0 Å². The Morgan fingerprint density at radius 3 is 2.58 bits per heavy atom. The molecule has 1 atom stereocenters. The quantitative estimate of drug-likeness (QED) is 0.881. The summed E-state index contributed by atoms with van der Waals surface area (Å²) in [6.45, 7) is 5.47. The van der Waals surface area contributed by atoms with Crippen LogP contribution in [0.15, 0.2) is 36.4 Å². The maximum absolute atomic E-state index is 14.0. The molecule has 1 heterocycles. The zero-order chi connectivity index (χ0) is 19.1. The summed E-state index contributed by atoms with van der Waals surface area (Å²) >= 11 is 0. The molecule has 0 aliphatic carbocycles. The maximum atomic E-state index is 14.0. The van der Waals surface area contributed by atoms with Crippen molar-refractivity contribution in [3.8, 4) is 5.75 Å². The second kappa shape index (κ2) is 6.46. The number of alkyl halides is 3. The molecule has 0 radical (unpaired) electrons. The van der Waals surface area contributed by atoms with Crippen LogP contribution in [0.2, 0.25) is 0 Å². The summed E-state index contributed by atoms with van der Waals surface area (Å²) in [5, 5.41) is 2.13. The lowest BCUT2D eigenvalue weighted by molar-refractivity contribution is -0.191. The highest BCUT2D eigenvalue weighted by Gasteiger charge is 2.51. The third-order valence-electron chi connectivity index (χ3n) is 4.54. The molecule has 0 saturated carbocycles. The molecule has 140 valence electrons. The van der Waals surface area contributed by atoms with Crippen LogP contribution in [0.5, 0.6) is 5.75 Å². The molecule has 4 nitrogen and oxygen atoms in total. The minimum absolute atomic E-state index is 0.0302. The van der Waals surface area contributed by atoms with Gasteiger partial charge in [0.25, 0.3) is 0 Å². The summed E-state index contributed by atoms with van der Waals surface area (Å²) in [5.41, 5.74) is 1.60. The number of carbonyl (C=O) groups is 1. The molecule has 2 aromatic rings. The predicted octanol–water partition coefficient (Wildman–Crippen LogP) is 4.21. The molecule has 1 saturated heterocycles. The number of rotatable bonds is 4. The molecule has 0 spiro atoms. The number of hydrogen-bond donors (Lipinski definition) is 1. The first-order chi connectivity index (χ1) is 12.1. The van der Waals surface area contributed by atoms with Gasteiger partial charge in [0.1, 0.15) is 5.75 Å². The number of carbonyl (C=O) groups excluding carboxylic acids is 1. The van der Waals surface area contributed by atoms with Crippen molar-refractivity contribution in [3.05, 3.63) is 42.0 Å². The molecule has 1 aliphatic rings. The van der Waals surface area contributed by atoms with Gasteiger partial charge >= 0.3 is 6.18 Å². The third-order valence-corrected chi connectivity index (χ3v) is 4.54. The van der Waals surface area contributed by atoms with Crippen LogP contribution in [0.3, 0.4) is 0 Å². The van der Waals surface area contributed by atoms with E-state index < -0.39 is 23.5 Å². The highest BCUT2D eigenvalue weighted by Crippen LogP contribution is 2.43. The highest BCUT2D eigenvalue weighted by molar-refractivity contribution is 5.88. The normalized spacial score (nSPS) is 18.8.